The SMILES string of the molecule is CCOC(=O)CCNC(=O)c1cc(C)no1. The van der Waals surface area contributed by atoms with E-state index in [1.807, 2.05) is 0 Å². The normalized spacial score (nSPS) is 9.88. The Bertz CT molecular complexity index is 373. The second-order valence-corrected chi connectivity index (χ2v) is 3.14. The van der Waals surface area contributed by atoms with Crippen LogP contribution in [0, 0.1) is 6.92 Å². The highest BCUT2D eigenvalue weighted by molar-refractivity contribution is 5.91. The molecule has 0 aliphatic heterocycles. The van der Waals surface area contributed by atoms with Crippen LogP contribution in [0.3, 0.4) is 0 Å². The van der Waals surface area contributed by atoms with E-state index < -0.39 is 0 Å². The highest BCUT2D eigenvalue weighted by Crippen LogP contribution is 2.01. The zero-order chi connectivity index (χ0) is 12.0. The Morgan fingerprint density at radius 2 is 2.31 bits per heavy atom. The Morgan fingerprint density at radius 1 is 1.56 bits per heavy atom. The highest BCUT2D eigenvalue weighted by Gasteiger charge is 2.11. The standard InChI is InChI=1S/C10H14N2O4/c1-3-15-9(13)4-5-11-10(14)8-6-7(2)12-16-8/h6H,3-5H2,1-2H3,(H,11,14). The zero-order valence-electron chi connectivity index (χ0n) is 9.28. The maximum absolute atomic E-state index is 11.4. The lowest BCUT2D eigenvalue weighted by atomic mass is 10.3. The Morgan fingerprint density at radius 3 is 2.88 bits per heavy atom. The van der Waals surface area contributed by atoms with Gasteiger partial charge in [0.2, 0.25) is 5.76 Å². The molecule has 1 amide bonds. The molecule has 0 aliphatic rings. The van der Waals surface area contributed by atoms with Crippen molar-refractivity contribution in [2.75, 3.05) is 13.2 Å². The minimum Gasteiger partial charge on any atom is -0.466 e. The van der Waals surface area contributed by atoms with Gasteiger partial charge in [0.05, 0.1) is 18.7 Å². The molecule has 88 valence electrons. The molecule has 0 aromatic carbocycles. The van der Waals surface area contributed by atoms with E-state index in [1.54, 1.807) is 13.8 Å². The molecular weight excluding hydrogens is 212 g/mol. The third-order valence-corrected chi connectivity index (χ3v) is 1.77. The maximum Gasteiger partial charge on any atom is 0.307 e. The first-order valence-electron chi connectivity index (χ1n) is 5.00. The van der Waals surface area contributed by atoms with Gasteiger partial charge in [-0.2, -0.15) is 0 Å². The van der Waals surface area contributed by atoms with Crippen LogP contribution >= 0.6 is 0 Å². The topological polar surface area (TPSA) is 81.4 Å². The lowest BCUT2D eigenvalue weighted by molar-refractivity contribution is -0.142. The fourth-order valence-electron chi connectivity index (χ4n) is 1.07. The molecule has 1 N–H and O–H groups in total. The number of carbonyl (C=O) groups is 2. The summed E-state index contributed by atoms with van der Waals surface area (Å²) in [6, 6.07) is 1.53. The first kappa shape index (κ1) is 12.2. The van der Waals surface area contributed by atoms with Crippen LogP contribution in [0.15, 0.2) is 10.6 Å². The van der Waals surface area contributed by atoms with Gasteiger partial charge in [-0.15, -0.1) is 0 Å². The average molecular weight is 226 g/mol. The van der Waals surface area contributed by atoms with Crippen molar-refractivity contribution < 1.29 is 18.8 Å². The maximum atomic E-state index is 11.4. The summed E-state index contributed by atoms with van der Waals surface area (Å²) >= 11 is 0. The average Bonchev–Trinajstić information content (AvgIpc) is 2.65. The summed E-state index contributed by atoms with van der Waals surface area (Å²) in [7, 11) is 0. The van der Waals surface area contributed by atoms with Crippen molar-refractivity contribution in [3.63, 3.8) is 0 Å². The number of ether oxygens (including phenoxy) is 1. The summed E-state index contributed by atoms with van der Waals surface area (Å²) in [4.78, 5) is 22.4. The minimum atomic E-state index is -0.384. The summed E-state index contributed by atoms with van der Waals surface area (Å²) in [5, 5.41) is 6.11. The van der Waals surface area contributed by atoms with Crippen molar-refractivity contribution >= 4 is 11.9 Å². The van der Waals surface area contributed by atoms with Crippen LogP contribution < -0.4 is 5.32 Å². The Labute approximate surface area is 92.9 Å². The van der Waals surface area contributed by atoms with Crippen LogP contribution in [-0.2, 0) is 9.53 Å². The molecule has 1 rings (SSSR count). The van der Waals surface area contributed by atoms with E-state index in [-0.39, 0.29) is 30.6 Å². The van der Waals surface area contributed by atoms with Gasteiger partial charge in [-0.25, -0.2) is 0 Å². The van der Waals surface area contributed by atoms with Crippen LogP contribution in [0.2, 0.25) is 0 Å². The van der Waals surface area contributed by atoms with Gasteiger partial charge in [-0.1, -0.05) is 5.16 Å². The van der Waals surface area contributed by atoms with Crippen molar-refractivity contribution in [3.8, 4) is 0 Å². The van der Waals surface area contributed by atoms with Crippen LogP contribution in [0.25, 0.3) is 0 Å². The number of nitrogens with zero attached hydrogens (tertiary/aromatic N) is 1. The van der Waals surface area contributed by atoms with Gasteiger partial charge in [-0.3, -0.25) is 9.59 Å². The van der Waals surface area contributed by atoms with Gasteiger partial charge in [0.25, 0.3) is 5.91 Å². The third kappa shape index (κ3) is 3.72. The predicted octanol–water partition coefficient (Wildman–Crippen LogP) is 0.666. The molecule has 0 spiro atoms. The Kier molecular flexibility index (Phi) is 4.50. The van der Waals surface area contributed by atoms with Gasteiger partial charge in [0, 0.05) is 12.6 Å². The third-order valence-electron chi connectivity index (χ3n) is 1.77. The molecule has 0 aliphatic carbocycles. The second-order valence-electron chi connectivity index (χ2n) is 3.14. The van der Waals surface area contributed by atoms with E-state index >= 15 is 0 Å². The molecule has 0 unspecified atom stereocenters. The van der Waals surface area contributed by atoms with E-state index in [2.05, 4.69) is 10.5 Å². The van der Waals surface area contributed by atoms with Crippen molar-refractivity contribution in [3.05, 3.63) is 17.5 Å². The monoisotopic (exact) mass is 226 g/mol. The lowest BCUT2D eigenvalue weighted by Gasteiger charge is -2.02. The van der Waals surface area contributed by atoms with E-state index in [4.69, 9.17) is 9.26 Å². The van der Waals surface area contributed by atoms with Gasteiger partial charge < -0.3 is 14.6 Å². The number of esters is 1. The molecular formula is C10H14N2O4. The van der Waals surface area contributed by atoms with Crippen LogP contribution in [0.4, 0.5) is 0 Å². The fourth-order valence-corrected chi connectivity index (χ4v) is 1.07. The number of hydrogen-bond acceptors (Lipinski definition) is 5. The van der Waals surface area contributed by atoms with Crippen LogP contribution in [0.1, 0.15) is 29.6 Å². The van der Waals surface area contributed by atoms with Gasteiger partial charge in [0.1, 0.15) is 0 Å². The lowest BCUT2D eigenvalue weighted by Crippen LogP contribution is -2.26. The number of carbonyl (C=O) groups excluding carboxylic acids is 2. The van der Waals surface area contributed by atoms with E-state index in [0.29, 0.717) is 12.3 Å². The van der Waals surface area contributed by atoms with Crippen molar-refractivity contribution in [1.29, 1.82) is 0 Å². The summed E-state index contributed by atoms with van der Waals surface area (Å²) < 4.78 is 9.46. The predicted molar refractivity (Wildman–Crippen MR) is 54.8 cm³/mol. The summed E-state index contributed by atoms with van der Waals surface area (Å²) in [6.45, 7) is 4.01. The molecule has 0 fully saturated rings. The number of hydrogen-bond donors (Lipinski definition) is 1. The van der Waals surface area contributed by atoms with Gasteiger partial charge in [0.15, 0.2) is 0 Å². The number of amides is 1. The van der Waals surface area contributed by atoms with E-state index in [9.17, 15) is 9.59 Å². The molecule has 0 bridgehead atoms. The Balaban J connectivity index is 2.28. The molecule has 0 radical (unpaired) electrons. The zero-order valence-corrected chi connectivity index (χ0v) is 9.28. The molecule has 16 heavy (non-hydrogen) atoms. The quantitative estimate of drug-likeness (QED) is 0.746. The van der Waals surface area contributed by atoms with E-state index in [1.165, 1.54) is 6.07 Å². The number of aromatic nitrogens is 1. The summed E-state index contributed by atoms with van der Waals surface area (Å²) in [6.07, 6.45) is 0.146. The van der Waals surface area contributed by atoms with Gasteiger partial charge >= 0.3 is 5.97 Å². The van der Waals surface area contributed by atoms with Gasteiger partial charge in [-0.05, 0) is 13.8 Å². The molecule has 0 atom stereocenters. The molecule has 6 nitrogen and oxygen atoms in total. The number of aryl methyl sites for hydroxylation is 1. The Hall–Kier alpha value is -1.85. The van der Waals surface area contributed by atoms with Crippen molar-refractivity contribution in [2.24, 2.45) is 0 Å². The van der Waals surface area contributed by atoms with Crippen LogP contribution in [0.5, 0.6) is 0 Å². The molecule has 0 saturated carbocycles. The molecule has 6 heteroatoms. The minimum absolute atomic E-state index is 0.140. The summed E-state index contributed by atoms with van der Waals surface area (Å²) in [5.74, 6) is -0.581. The van der Waals surface area contributed by atoms with E-state index in [0.717, 1.165) is 0 Å². The molecule has 0 saturated heterocycles. The first-order chi connectivity index (χ1) is 7.63. The summed E-state index contributed by atoms with van der Waals surface area (Å²) in [5.41, 5.74) is 0.635. The second kappa shape index (κ2) is 5.89. The largest absolute Gasteiger partial charge is 0.466 e. The first-order valence-corrected chi connectivity index (χ1v) is 5.00. The number of rotatable bonds is 5. The van der Waals surface area contributed by atoms with Crippen molar-refractivity contribution in [1.82, 2.24) is 10.5 Å². The fraction of sp³-hybridized carbons (Fsp3) is 0.500. The molecule has 1 heterocycles. The smallest absolute Gasteiger partial charge is 0.307 e. The molecule has 1 aromatic heterocycles. The number of nitrogens with one attached hydrogen (secondary N) is 1. The van der Waals surface area contributed by atoms with Crippen LogP contribution in [-0.4, -0.2) is 30.2 Å². The molecule has 1 aromatic rings. The van der Waals surface area contributed by atoms with Crippen molar-refractivity contribution in [2.45, 2.75) is 20.3 Å². The highest BCUT2D eigenvalue weighted by atomic mass is 16.5.